The molecule has 220 valence electrons. The molecule has 0 spiro atoms. The Labute approximate surface area is 245 Å². The first-order valence-electron chi connectivity index (χ1n) is 14.6. The molecule has 1 atom stereocenters. The van der Waals surface area contributed by atoms with E-state index in [-0.39, 0.29) is 30.2 Å². The van der Waals surface area contributed by atoms with E-state index in [0.717, 1.165) is 43.4 Å². The number of anilines is 1. The monoisotopic (exact) mass is 571 g/mol. The third kappa shape index (κ3) is 7.16. The summed E-state index contributed by atoms with van der Waals surface area (Å²) in [6.45, 7) is 2.16. The van der Waals surface area contributed by atoms with E-state index >= 15 is 0 Å². The lowest BCUT2D eigenvalue weighted by Gasteiger charge is -2.29. The Bertz CT molecular complexity index is 1390. The molecular formula is C32H37N5O5. The van der Waals surface area contributed by atoms with E-state index in [1.165, 1.54) is 4.90 Å². The van der Waals surface area contributed by atoms with Crippen LogP contribution in [-0.2, 0) is 20.9 Å². The number of amides is 4. The van der Waals surface area contributed by atoms with Gasteiger partial charge in [0.05, 0.1) is 13.2 Å². The van der Waals surface area contributed by atoms with Crippen molar-refractivity contribution >= 4 is 29.3 Å². The first kappa shape index (κ1) is 29.3. The third-order valence-electron chi connectivity index (χ3n) is 8.09. The van der Waals surface area contributed by atoms with E-state index in [4.69, 9.17) is 10.5 Å². The predicted octanol–water partition coefficient (Wildman–Crippen LogP) is 2.12. The van der Waals surface area contributed by atoms with Crippen molar-refractivity contribution in [1.82, 2.24) is 20.9 Å². The number of piperidine rings is 1. The number of nitrogens with zero attached hydrogens (tertiary/aromatic N) is 1. The van der Waals surface area contributed by atoms with Gasteiger partial charge in [-0.1, -0.05) is 17.9 Å². The fourth-order valence-electron chi connectivity index (χ4n) is 5.77. The fourth-order valence-corrected chi connectivity index (χ4v) is 5.77. The van der Waals surface area contributed by atoms with Crippen LogP contribution in [-0.4, -0.2) is 66.4 Å². The van der Waals surface area contributed by atoms with E-state index < -0.39 is 11.9 Å². The summed E-state index contributed by atoms with van der Waals surface area (Å²) < 4.78 is 5.76. The summed E-state index contributed by atoms with van der Waals surface area (Å²) in [6.07, 6.45) is 5.01. The van der Waals surface area contributed by atoms with Gasteiger partial charge in [-0.05, 0) is 74.1 Å². The van der Waals surface area contributed by atoms with Gasteiger partial charge in [0, 0.05) is 60.4 Å². The number of nitrogens with one attached hydrogen (secondary N) is 3. The molecule has 0 bridgehead atoms. The zero-order valence-electron chi connectivity index (χ0n) is 23.6. The van der Waals surface area contributed by atoms with Gasteiger partial charge < -0.3 is 26.0 Å². The number of nitrogens with two attached hydrogens (primary N) is 1. The third-order valence-corrected chi connectivity index (χ3v) is 8.09. The van der Waals surface area contributed by atoms with E-state index in [9.17, 15) is 19.2 Å². The number of fused-ring (bicyclic) bond motifs is 1. The zero-order valence-corrected chi connectivity index (χ0v) is 23.6. The summed E-state index contributed by atoms with van der Waals surface area (Å²) in [4.78, 5) is 50.7. The summed E-state index contributed by atoms with van der Waals surface area (Å²) >= 11 is 0. The molecule has 3 aliphatic rings. The Morgan fingerprint density at radius 2 is 1.76 bits per heavy atom. The molecule has 0 aromatic heterocycles. The molecule has 1 aliphatic carbocycles. The average Bonchev–Trinajstić information content (AvgIpc) is 3.32. The van der Waals surface area contributed by atoms with Crippen LogP contribution in [0.4, 0.5) is 5.69 Å². The number of carbonyl (C=O) groups excluding carboxylic acids is 4. The number of ether oxygens (including phenoxy) is 1. The molecule has 0 radical (unpaired) electrons. The SMILES string of the molecule is Nc1ccc(C(=O)NC2CCC(NCCOCCC#Cc3cccc4c3CN(C3CCC(=O)NC3=O)C4=O)CC2)cc1. The van der Waals surface area contributed by atoms with Gasteiger partial charge in [0.25, 0.3) is 11.8 Å². The van der Waals surface area contributed by atoms with E-state index in [0.29, 0.717) is 55.5 Å². The minimum atomic E-state index is -0.637. The van der Waals surface area contributed by atoms with Crippen LogP contribution in [0.2, 0.25) is 0 Å². The van der Waals surface area contributed by atoms with E-state index in [1.807, 2.05) is 6.07 Å². The van der Waals surface area contributed by atoms with Crippen LogP contribution >= 0.6 is 0 Å². The average molecular weight is 572 g/mol. The number of nitrogen functional groups attached to an aromatic ring is 1. The Morgan fingerprint density at radius 1 is 1.00 bits per heavy atom. The second-order valence-electron chi connectivity index (χ2n) is 11.0. The lowest BCUT2D eigenvalue weighted by atomic mass is 9.91. The topological polar surface area (TPSA) is 143 Å². The van der Waals surface area contributed by atoms with Crippen molar-refractivity contribution in [1.29, 1.82) is 0 Å². The summed E-state index contributed by atoms with van der Waals surface area (Å²) in [5.74, 6) is 5.34. The van der Waals surface area contributed by atoms with E-state index in [2.05, 4.69) is 27.8 Å². The highest BCUT2D eigenvalue weighted by Crippen LogP contribution is 2.29. The van der Waals surface area contributed by atoms with Gasteiger partial charge in [-0.2, -0.15) is 0 Å². The normalized spacial score (nSPS) is 21.8. The Hall–Kier alpha value is -4.20. The maximum Gasteiger partial charge on any atom is 0.255 e. The van der Waals surface area contributed by atoms with E-state index in [1.54, 1.807) is 36.4 Å². The van der Waals surface area contributed by atoms with Gasteiger partial charge in [-0.3, -0.25) is 24.5 Å². The Balaban J connectivity index is 0.979. The van der Waals surface area contributed by atoms with Crippen molar-refractivity contribution in [2.24, 2.45) is 0 Å². The standard InChI is InChI=1S/C32H37N5O5/c33-23-9-7-22(8-10-23)30(39)35-25-13-11-24(12-14-25)34-17-19-42-18-2-1-4-21-5-3-6-26-27(21)20-37(32(26)41)28-15-16-29(38)36-31(28)40/h3,5-10,24-25,28,34H,2,11-20,33H2,(H,35,39)(H,36,38,40). The molecule has 1 saturated carbocycles. The lowest BCUT2D eigenvalue weighted by molar-refractivity contribution is -0.136. The number of hydrogen-bond donors (Lipinski definition) is 4. The first-order valence-corrected chi connectivity index (χ1v) is 14.6. The van der Waals surface area contributed by atoms with Gasteiger partial charge in [0.1, 0.15) is 6.04 Å². The quantitative estimate of drug-likeness (QED) is 0.156. The maximum atomic E-state index is 13.0. The summed E-state index contributed by atoms with van der Waals surface area (Å²) in [6, 6.07) is 12.4. The summed E-state index contributed by atoms with van der Waals surface area (Å²) in [5, 5.41) is 9.00. The minimum absolute atomic E-state index is 0.0535. The second-order valence-corrected chi connectivity index (χ2v) is 11.0. The van der Waals surface area contributed by atoms with Crippen LogP contribution in [0, 0.1) is 11.8 Å². The van der Waals surface area contributed by atoms with Crippen LogP contribution in [0.5, 0.6) is 0 Å². The summed E-state index contributed by atoms with van der Waals surface area (Å²) in [7, 11) is 0. The van der Waals surface area contributed by atoms with Crippen LogP contribution in [0.25, 0.3) is 0 Å². The number of imide groups is 1. The molecule has 1 saturated heterocycles. The van der Waals surface area contributed by atoms with Gasteiger partial charge in [0.15, 0.2) is 0 Å². The predicted molar refractivity (Wildman–Crippen MR) is 157 cm³/mol. The van der Waals surface area contributed by atoms with Crippen LogP contribution in [0.1, 0.15) is 76.8 Å². The first-order chi connectivity index (χ1) is 20.4. The molecule has 2 aromatic rings. The largest absolute Gasteiger partial charge is 0.399 e. The summed E-state index contributed by atoms with van der Waals surface area (Å²) in [5.41, 5.74) is 9.13. The number of hydrogen-bond acceptors (Lipinski definition) is 7. The molecule has 2 aromatic carbocycles. The Kier molecular flexibility index (Phi) is 9.52. The number of carbonyl (C=O) groups is 4. The molecule has 1 unspecified atom stereocenters. The van der Waals surface area contributed by atoms with Crippen LogP contribution < -0.4 is 21.7 Å². The van der Waals surface area contributed by atoms with Gasteiger partial charge in [-0.25, -0.2) is 0 Å². The molecule has 2 heterocycles. The number of rotatable bonds is 9. The zero-order chi connectivity index (χ0) is 29.5. The molecule has 4 amide bonds. The van der Waals surface area contributed by atoms with Crippen molar-refractivity contribution in [2.75, 3.05) is 25.5 Å². The lowest BCUT2D eigenvalue weighted by Crippen LogP contribution is -2.52. The highest BCUT2D eigenvalue weighted by Gasteiger charge is 2.39. The highest BCUT2D eigenvalue weighted by molar-refractivity contribution is 6.05. The van der Waals surface area contributed by atoms with Crippen LogP contribution in [0.3, 0.4) is 0 Å². The van der Waals surface area contributed by atoms with Crippen molar-refractivity contribution in [3.05, 3.63) is 64.7 Å². The molecular weight excluding hydrogens is 534 g/mol. The molecule has 2 fully saturated rings. The van der Waals surface area contributed by atoms with Crippen molar-refractivity contribution < 1.29 is 23.9 Å². The van der Waals surface area contributed by atoms with Gasteiger partial charge >= 0.3 is 0 Å². The minimum Gasteiger partial charge on any atom is -0.399 e. The van der Waals surface area contributed by atoms with Gasteiger partial charge in [-0.15, -0.1) is 0 Å². The van der Waals surface area contributed by atoms with Crippen molar-refractivity contribution in [2.45, 2.75) is 69.6 Å². The highest BCUT2D eigenvalue weighted by atomic mass is 16.5. The number of benzene rings is 2. The Morgan fingerprint density at radius 3 is 2.52 bits per heavy atom. The van der Waals surface area contributed by atoms with Crippen molar-refractivity contribution in [3.63, 3.8) is 0 Å². The fraction of sp³-hybridized carbons (Fsp3) is 0.438. The molecule has 10 nitrogen and oxygen atoms in total. The second kappa shape index (κ2) is 13.6. The molecule has 2 aliphatic heterocycles. The molecule has 42 heavy (non-hydrogen) atoms. The van der Waals surface area contributed by atoms with Crippen LogP contribution in [0.15, 0.2) is 42.5 Å². The van der Waals surface area contributed by atoms with Gasteiger partial charge in [0.2, 0.25) is 11.8 Å². The molecule has 5 N–H and O–H groups in total. The maximum absolute atomic E-state index is 13.0. The smallest absolute Gasteiger partial charge is 0.255 e. The molecule has 10 heteroatoms. The van der Waals surface area contributed by atoms with Crippen molar-refractivity contribution in [3.8, 4) is 11.8 Å². The molecule has 5 rings (SSSR count).